The Balaban J connectivity index is 2.38. The van der Waals surface area contributed by atoms with E-state index in [1.54, 1.807) is 0 Å². The van der Waals surface area contributed by atoms with E-state index in [1.807, 2.05) is 6.92 Å². The smallest absolute Gasteiger partial charge is 0.0828 e. The number of benzene rings is 2. The first kappa shape index (κ1) is 13.3. The van der Waals surface area contributed by atoms with Crippen LogP contribution in [0.5, 0.6) is 0 Å². The summed E-state index contributed by atoms with van der Waals surface area (Å²) in [6.45, 7) is 3.92. The molecule has 0 nitrogen and oxygen atoms in total. The maximum absolute atomic E-state index is 3.25. The largest absolute Gasteiger partial charge is 0.101 e. The van der Waals surface area contributed by atoms with Crippen LogP contribution >= 0.6 is 0 Å². The Bertz CT molecular complexity index is 795. The quantitative estimate of drug-likeness (QED) is 0.508. The zero-order valence-corrected chi connectivity index (χ0v) is 12.3. The van der Waals surface area contributed by atoms with E-state index in [2.05, 4.69) is 79.1 Å². The third-order valence-corrected chi connectivity index (χ3v) is 3.57. The topological polar surface area (TPSA) is 0 Å². The van der Waals surface area contributed by atoms with E-state index in [1.165, 1.54) is 27.8 Å². The lowest BCUT2D eigenvalue weighted by Crippen LogP contribution is -1.87. The summed E-state index contributed by atoms with van der Waals surface area (Å²) in [7, 11) is 0. The van der Waals surface area contributed by atoms with Crippen molar-refractivity contribution in [3.63, 3.8) is 0 Å². The molecule has 0 N–H and O–H groups in total. The summed E-state index contributed by atoms with van der Waals surface area (Å²) in [6, 6.07) is 17.0. The molecule has 0 atom stereocenters. The molecule has 0 bridgehead atoms. The predicted molar refractivity (Wildman–Crippen MR) is 89.4 cm³/mol. The highest BCUT2D eigenvalue weighted by molar-refractivity contribution is 6.04. The molecule has 0 saturated carbocycles. The summed E-state index contributed by atoms with van der Waals surface area (Å²) in [6.07, 6.45) is 0.839. The molecule has 100 valence electrons. The Kier molecular flexibility index (Phi) is 3.63. The van der Waals surface area contributed by atoms with Gasteiger partial charge >= 0.3 is 0 Å². The standard InChI is InChI=1S/C21H16/c1-3-5-11-16(10-4-2)21-19-14-8-6-12-17(19)18-13-7-9-15-20(18)21/h6-9,12-15H,3H2,1-2H3. The van der Waals surface area contributed by atoms with Crippen LogP contribution in [0.4, 0.5) is 0 Å². The van der Waals surface area contributed by atoms with Crippen molar-refractivity contribution in [1.82, 2.24) is 0 Å². The highest BCUT2D eigenvalue weighted by Gasteiger charge is 2.24. The van der Waals surface area contributed by atoms with Gasteiger partial charge in [0, 0.05) is 12.0 Å². The molecule has 2 aromatic carbocycles. The van der Waals surface area contributed by atoms with E-state index in [-0.39, 0.29) is 0 Å². The Labute approximate surface area is 126 Å². The average molecular weight is 268 g/mol. The van der Waals surface area contributed by atoms with E-state index >= 15 is 0 Å². The van der Waals surface area contributed by atoms with Gasteiger partial charge in [0.05, 0.1) is 5.57 Å². The minimum Gasteiger partial charge on any atom is -0.101 e. The average Bonchev–Trinajstić information content (AvgIpc) is 2.86. The highest BCUT2D eigenvalue weighted by Crippen LogP contribution is 2.45. The zero-order chi connectivity index (χ0) is 14.7. The fourth-order valence-electron chi connectivity index (χ4n) is 2.74. The van der Waals surface area contributed by atoms with Crippen LogP contribution in [0.3, 0.4) is 0 Å². The van der Waals surface area contributed by atoms with Crippen LogP contribution in [0.1, 0.15) is 31.4 Å². The van der Waals surface area contributed by atoms with Crippen LogP contribution in [-0.4, -0.2) is 0 Å². The molecular weight excluding hydrogens is 252 g/mol. The van der Waals surface area contributed by atoms with Crippen LogP contribution in [0.2, 0.25) is 0 Å². The summed E-state index contributed by atoms with van der Waals surface area (Å²) in [4.78, 5) is 0. The molecule has 0 unspecified atom stereocenters. The first-order valence-electron chi connectivity index (χ1n) is 7.22. The molecule has 0 spiro atoms. The molecule has 0 fully saturated rings. The van der Waals surface area contributed by atoms with Crippen molar-refractivity contribution in [1.29, 1.82) is 0 Å². The van der Waals surface area contributed by atoms with Crippen molar-refractivity contribution >= 4 is 5.57 Å². The SMILES string of the molecule is CC#CC(C#CCC)=C1c2ccccc2-c2ccccc21. The zero-order valence-electron chi connectivity index (χ0n) is 12.3. The van der Waals surface area contributed by atoms with Crippen LogP contribution in [0.15, 0.2) is 54.1 Å². The third-order valence-electron chi connectivity index (χ3n) is 3.57. The number of hydrogen-bond donors (Lipinski definition) is 0. The molecule has 1 aliphatic rings. The Morgan fingerprint density at radius 1 is 0.810 bits per heavy atom. The van der Waals surface area contributed by atoms with Crippen LogP contribution < -0.4 is 0 Å². The van der Waals surface area contributed by atoms with Crippen LogP contribution in [-0.2, 0) is 0 Å². The van der Waals surface area contributed by atoms with Crippen molar-refractivity contribution in [2.24, 2.45) is 0 Å². The lowest BCUT2D eigenvalue weighted by molar-refractivity contribution is 1.28. The highest BCUT2D eigenvalue weighted by atomic mass is 14.3. The fraction of sp³-hybridized carbons (Fsp3) is 0.143. The maximum Gasteiger partial charge on any atom is 0.0828 e. The Morgan fingerprint density at radius 3 is 1.81 bits per heavy atom. The second-order valence-electron chi connectivity index (χ2n) is 4.87. The fourth-order valence-corrected chi connectivity index (χ4v) is 2.74. The Morgan fingerprint density at radius 2 is 1.33 bits per heavy atom. The van der Waals surface area contributed by atoms with Gasteiger partial charge in [-0.05, 0) is 29.2 Å². The molecule has 0 aliphatic heterocycles. The molecule has 0 radical (unpaired) electrons. The van der Waals surface area contributed by atoms with Gasteiger partial charge in [-0.3, -0.25) is 0 Å². The molecule has 0 amide bonds. The Hall–Kier alpha value is -2.70. The van der Waals surface area contributed by atoms with Gasteiger partial charge in [0.15, 0.2) is 0 Å². The molecule has 3 rings (SSSR count). The van der Waals surface area contributed by atoms with E-state index in [4.69, 9.17) is 0 Å². The van der Waals surface area contributed by atoms with Gasteiger partial charge in [-0.25, -0.2) is 0 Å². The lowest BCUT2D eigenvalue weighted by atomic mass is 9.98. The second kappa shape index (κ2) is 5.74. The molecular formula is C21H16. The summed E-state index contributed by atoms with van der Waals surface area (Å²) in [5, 5.41) is 0. The van der Waals surface area contributed by atoms with Crippen molar-refractivity contribution in [2.45, 2.75) is 20.3 Å². The van der Waals surface area contributed by atoms with Crippen molar-refractivity contribution in [3.05, 3.63) is 65.2 Å². The molecule has 21 heavy (non-hydrogen) atoms. The summed E-state index contributed by atoms with van der Waals surface area (Å²) in [5.41, 5.74) is 7.13. The van der Waals surface area contributed by atoms with Gasteiger partial charge in [-0.15, -0.1) is 5.92 Å². The van der Waals surface area contributed by atoms with E-state index in [0.717, 1.165) is 12.0 Å². The van der Waals surface area contributed by atoms with E-state index in [9.17, 15) is 0 Å². The maximum atomic E-state index is 3.25. The lowest BCUT2D eigenvalue weighted by Gasteiger charge is -2.03. The molecule has 0 saturated heterocycles. The van der Waals surface area contributed by atoms with Crippen LogP contribution in [0.25, 0.3) is 16.7 Å². The normalized spacial score (nSPS) is 10.7. The number of fused-ring (bicyclic) bond motifs is 3. The minimum absolute atomic E-state index is 0.839. The van der Waals surface area contributed by atoms with Gasteiger partial charge in [-0.2, -0.15) is 0 Å². The summed E-state index contributed by atoms with van der Waals surface area (Å²) >= 11 is 0. The first-order valence-corrected chi connectivity index (χ1v) is 7.22. The number of rotatable bonds is 0. The molecule has 0 heteroatoms. The number of allylic oxidation sites excluding steroid dienone is 1. The van der Waals surface area contributed by atoms with Gasteiger partial charge in [0.25, 0.3) is 0 Å². The van der Waals surface area contributed by atoms with E-state index in [0.29, 0.717) is 0 Å². The molecule has 0 aromatic heterocycles. The van der Waals surface area contributed by atoms with Crippen molar-refractivity contribution in [2.75, 3.05) is 0 Å². The van der Waals surface area contributed by atoms with Crippen LogP contribution in [0, 0.1) is 23.7 Å². The number of hydrogen-bond acceptors (Lipinski definition) is 0. The predicted octanol–water partition coefficient (Wildman–Crippen LogP) is 4.91. The molecule has 0 heterocycles. The first-order chi connectivity index (χ1) is 10.4. The van der Waals surface area contributed by atoms with Gasteiger partial charge < -0.3 is 0 Å². The minimum atomic E-state index is 0.839. The molecule has 2 aromatic rings. The van der Waals surface area contributed by atoms with Crippen molar-refractivity contribution in [3.8, 4) is 34.8 Å². The van der Waals surface area contributed by atoms with Gasteiger partial charge in [0.2, 0.25) is 0 Å². The van der Waals surface area contributed by atoms with Crippen molar-refractivity contribution < 1.29 is 0 Å². The van der Waals surface area contributed by atoms with Gasteiger partial charge in [-0.1, -0.05) is 73.2 Å². The summed E-state index contributed by atoms with van der Waals surface area (Å²) in [5.74, 6) is 12.6. The summed E-state index contributed by atoms with van der Waals surface area (Å²) < 4.78 is 0. The van der Waals surface area contributed by atoms with Gasteiger partial charge in [0.1, 0.15) is 0 Å². The monoisotopic (exact) mass is 268 g/mol. The molecule has 1 aliphatic carbocycles. The third kappa shape index (κ3) is 2.26. The van der Waals surface area contributed by atoms with E-state index < -0.39 is 0 Å². The second-order valence-corrected chi connectivity index (χ2v) is 4.87.